The molecule has 0 amide bonds. The van der Waals surface area contributed by atoms with Gasteiger partial charge in [-0.3, -0.25) is 9.59 Å². The van der Waals surface area contributed by atoms with Gasteiger partial charge in [0.15, 0.2) is 12.1 Å². The largest absolute Gasteiger partial charge is 0.497 e. The zero-order valence-corrected chi connectivity index (χ0v) is 33.3. The third-order valence-electron chi connectivity index (χ3n) is 11.2. The van der Waals surface area contributed by atoms with E-state index in [1.54, 1.807) is 27.9 Å². The minimum absolute atomic E-state index is 0.172. The molecule has 0 spiro atoms. The lowest BCUT2D eigenvalue weighted by atomic mass is 9.74. The number of Topliss-reactive ketones (excluding diaryl/α,β-unsaturated/α-hetero) is 1. The highest BCUT2D eigenvalue weighted by Gasteiger charge is 2.51. The van der Waals surface area contributed by atoms with Gasteiger partial charge in [-0.2, -0.15) is 10.2 Å². The highest BCUT2D eigenvalue weighted by molar-refractivity contribution is 6.00. The molecule has 2 saturated heterocycles. The number of aliphatic hydroxyl groups is 3. The number of methoxy groups -OCH3 is 2. The second-order valence-corrected chi connectivity index (χ2v) is 15.4. The predicted molar refractivity (Wildman–Crippen MR) is 198 cm³/mol. The Morgan fingerprint density at radius 2 is 1.63 bits per heavy atom. The Morgan fingerprint density at radius 1 is 1.02 bits per heavy atom. The molecule has 3 rings (SSSR count). The van der Waals surface area contributed by atoms with Gasteiger partial charge >= 0.3 is 5.97 Å². The average Bonchev–Trinajstić information content (AvgIpc) is 3.11. The summed E-state index contributed by atoms with van der Waals surface area (Å²) in [5.41, 5.74) is -1.28. The van der Waals surface area contributed by atoms with Gasteiger partial charge in [0.1, 0.15) is 29.5 Å². The highest BCUT2D eigenvalue weighted by atomic mass is 16.7. The standard InChI is InChI=1S/C39H63N3O10/c1-14-30-39(9,47)34(45)23(4)31(41-40-26(7)27-15-17-28(48-12)18-16-27)21(2)20-38(8,49-13)35(24(5)32(43)25(6)36(46)51-30)52-37-33(44)29(42(10)11)19-22(3)50-37/h15-18,21-25,29-30,33-35,37,44-45,47H,14,19-20H2,1-13H3/b40-26+,41-31+/t21-,22?,23+,24+,25-,29?,30-,33?,34-,35-,37?,38-,39-/m1/s1. The summed E-state index contributed by atoms with van der Waals surface area (Å²) in [6, 6.07) is 7.11. The molecule has 2 aliphatic rings. The van der Waals surface area contributed by atoms with Crippen LogP contribution in [0, 0.1) is 23.7 Å². The first kappa shape index (κ1) is 43.6. The van der Waals surface area contributed by atoms with Gasteiger partial charge in [0, 0.05) is 30.7 Å². The number of benzene rings is 1. The number of likely N-dealkylation sites (N-methyl/N-ethyl adjacent to an activating group) is 1. The molecule has 2 heterocycles. The Bertz CT molecular complexity index is 1420. The van der Waals surface area contributed by atoms with Crippen molar-refractivity contribution in [3.63, 3.8) is 0 Å². The topological polar surface area (TPSA) is 169 Å². The minimum Gasteiger partial charge on any atom is -0.497 e. The summed E-state index contributed by atoms with van der Waals surface area (Å²) in [4.78, 5) is 29.6. The van der Waals surface area contributed by atoms with Crippen molar-refractivity contribution >= 4 is 23.2 Å². The number of hydrogen-bond donors (Lipinski definition) is 3. The van der Waals surface area contributed by atoms with Crippen LogP contribution < -0.4 is 4.74 Å². The number of rotatable bonds is 8. The van der Waals surface area contributed by atoms with Crippen molar-refractivity contribution < 1.29 is 48.6 Å². The zero-order chi connectivity index (χ0) is 39.3. The van der Waals surface area contributed by atoms with E-state index in [4.69, 9.17) is 28.8 Å². The normalized spacial score (nSPS) is 39.7. The molecule has 2 fully saturated rings. The Morgan fingerprint density at radius 3 is 2.17 bits per heavy atom. The van der Waals surface area contributed by atoms with Gasteiger partial charge in [0.2, 0.25) is 0 Å². The van der Waals surface area contributed by atoms with Gasteiger partial charge in [-0.15, -0.1) is 0 Å². The zero-order valence-electron chi connectivity index (χ0n) is 33.3. The van der Waals surface area contributed by atoms with Crippen LogP contribution in [-0.2, 0) is 28.5 Å². The van der Waals surface area contributed by atoms with E-state index >= 15 is 0 Å². The van der Waals surface area contributed by atoms with Gasteiger partial charge in [0.25, 0.3) is 0 Å². The molecule has 0 radical (unpaired) electrons. The molecule has 0 saturated carbocycles. The van der Waals surface area contributed by atoms with Crippen LogP contribution >= 0.6 is 0 Å². The maximum atomic E-state index is 14.2. The molecule has 0 bridgehead atoms. The Hall–Kier alpha value is -2.78. The predicted octanol–water partition coefficient (Wildman–Crippen LogP) is 4.03. The van der Waals surface area contributed by atoms with Crippen LogP contribution in [0.4, 0.5) is 0 Å². The van der Waals surface area contributed by atoms with E-state index in [2.05, 4.69) is 5.10 Å². The van der Waals surface area contributed by atoms with Crippen molar-refractivity contribution in [1.29, 1.82) is 0 Å². The Kier molecular flexibility index (Phi) is 15.1. The maximum absolute atomic E-state index is 14.2. The number of hydrogen-bond acceptors (Lipinski definition) is 13. The monoisotopic (exact) mass is 733 g/mol. The molecule has 4 unspecified atom stereocenters. The van der Waals surface area contributed by atoms with Gasteiger partial charge in [-0.05, 0) is 104 Å². The molecule has 2 aliphatic heterocycles. The van der Waals surface area contributed by atoms with Crippen molar-refractivity contribution in [2.45, 2.75) is 136 Å². The summed E-state index contributed by atoms with van der Waals surface area (Å²) in [6.45, 7) is 15.5. The van der Waals surface area contributed by atoms with E-state index in [9.17, 15) is 24.9 Å². The fourth-order valence-corrected chi connectivity index (χ4v) is 7.66. The second kappa shape index (κ2) is 18.0. The summed E-state index contributed by atoms with van der Waals surface area (Å²) in [6.07, 6.45) is -5.05. The highest BCUT2D eigenvalue weighted by Crippen LogP contribution is 2.38. The molecule has 13 heteroatoms. The SMILES string of the molecule is CC[C@H]1OC(=O)[C@H](C)C(=O)[C@H](C)[C@@H](OC2OC(C)CC(N(C)C)C2O)[C@](C)(OC)C[C@@H](C)/C(=N\N=C(/C)c2ccc(OC)cc2)[C@H](C)[C@@H](O)[C@]1(C)O. The Labute approximate surface area is 309 Å². The van der Waals surface area contributed by atoms with E-state index in [-0.39, 0.29) is 25.0 Å². The third kappa shape index (κ3) is 9.65. The average molecular weight is 734 g/mol. The molecule has 1 aromatic rings. The molecule has 13 nitrogen and oxygen atoms in total. The lowest BCUT2D eigenvalue weighted by Crippen LogP contribution is -2.60. The third-order valence-corrected chi connectivity index (χ3v) is 11.2. The quantitative estimate of drug-likeness (QED) is 0.153. The summed E-state index contributed by atoms with van der Waals surface area (Å²) in [5, 5.41) is 44.3. The fraction of sp³-hybridized carbons (Fsp3) is 0.744. The van der Waals surface area contributed by atoms with Gasteiger partial charge in [-0.25, -0.2) is 0 Å². The summed E-state index contributed by atoms with van der Waals surface area (Å²) >= 11 is 0. The molecule has 13 atom stereocenters. The Balaban J connectivity index is 2.21. The number of ether oxygens (including phenoxy) is 5. The van der Waals surface area contributed by atoms with Crippen LogP contribution in [0.1, 0.15) is 87.1 Å². The van der Waals surface area contributed by atoms with Crippen LogP contribution in [0.2, 0.25) is 0 Å². The molecule has 0 aromatic heterocycles. The molecule has 294 valence electrons. The summed E-state index contributed by atoms with van der Waals surface area (Å²) in [5.74, 6) is -4.02. The first-order chi connectivity index (χ1) is 24.2. The van der Waals surface area contributed by atoms with Gasteiger partial charge < -0.3 is 43.9 Å². The lowest BCUT2D eigenvalue weighted by Gasteiger charge is -2.47. The van der Waals surface area contributed by atoms with Gasteiger partial charge in [0.05, 0.1) is 36.7 Å². The minimum atomic E-state index is -1.91. The van der Waals surface area contributed by atoms with Crippen molar-refractivity contribution in [2.24, 2.45) is 33.9 Å². The van der Waals surface area contributed by atoms with Crippen molar-refractivity contribution in [3.8, 4) is 5.75 Å². The molecule has 1 aromatic carbocycles. The lowest BCUT2D eigenvalue weighted by molar-refractivity contribution is -0.295. The summed E-state index contributed by atoms with van der Waals surface area (Å²) < 4.78 is 30.1. The van der Waals surface area contributed by atoms with Crippen molar-refractivity contribution in [1.82, 2.24) is 4.90 Å². The second-order valence-electron chi connectivity index (χ2n) is 15.4. The van der Waals surface area contributed by atoms with Crippen LogP contribution in [0.5, 0.6) is 5.75 Å². The number of nitrogens with zero attached hydrogens (tertiary/aromatic N) is 3. The number of cyclic esters (lactones) is 1. The number of esters is 1. The molecular weight excluding hydrogens is 670 g/mol. The van der Waals surface area contributed by atoms with Crippen molar-refractivity contribution in [3.05, 3.63) is 29.8 Å². The van der Waals surface area contributed by atoms with E-state index in [0.29, 0.717) is 23.6 Å². The first-order valence-electron chi connectivity index (χ1n) is 18.3. The van der Waals surface area contributed by atoms with E-state index < -0.39 is 77.3 Å². The maximum Gasteiger partial charge on any atom is 0.316 e. The summed E-state index contributed by atoms with van der Waals surface area (Å²) in [7, 11) is 6.86. The van der Waals surface area contributed by atoms with Crippen LogP contribution in [0.15, 0.2) is 34.5 Å². The van der Waals surface area contributed by atoms with Crippen LogP contribution in [0.3, 0.4) is 0 Å². The first-order valence-corrected chi connectivity index (χ1v) is 18.3. The number of carbonyl (C=O) groups excluding carboxylic acids is 2. The fourth-order valence-electron chi connectivity index (χ4n) is 7.66. The molecule has 52 heavy (non-hydrogen) atoms. The van der Waals surface area contributed by atoms with E-state index in [1.165, 1.54) is 21.0 Å². The van der Waals surface area contributed by atoms with E-state index in [1.807, 2.05) is 71.0 Å². The van der Waals surface area contributed by atoms with E-state index in [0.717, 1.165) is 5.56 Å². The number of carbonyl (C=O) groups is 2. The number of ketones is 1. The van der Waals surface area contributed by atoms with Crippen molar-refractivity contribution in [2.75, 3.05) is 28.3 Å². The number of aliphatic hydroxyl groups excluding tert-OH is 2. The molecule has 3 N–H and O–H groups in total. The molecule has 0 aliphatic carbocycles. The van der Waals surface area contributed by atoms with Crippen LogP contribution in [-0.4, -0.2) is 126 Å². The smallest absolute Gasteiger partial charge is 0.316 e. The van der Waals surface area contributed by atoms with Crippen LogP contribution in [0.25, 0.3) is 0 Å². The molecular formula is C39H63N3O10. The van der Waals surface area contributed by atoms with Gasteiger partial charge in [-0.1, -0.05) is 27.7 Å².